The second kappa shape index (κ2) is 6.12. The van der Waals surface area contributed by atoms with Crippen molar-refractivity contribution in [1.82, 2.24) is 0 Å². The largest absolute Gasteiger partial charge is 0.504 e. The first kappa shape index (κ1) is 17.6. The Morgan fingerprint density at radius 1 is 0.929 bits per heavy atom. The third kappa shape index (κ3) is 2.58. The van der Waals surface area contributed by atoms with Gasteiger partial charge in [0.2, 0.25) is 23.0 Å². The minimum atomic E-state index is -0.743. The number of carbonyl (C=O) groups is 2. The molecule has 3 N–H and O–H groups in total. The Morgan fingerprint density at radius 2 is 1.61 bits per heavy atom. The van der Waals surface area contributed by atoms with Crippen LogP contribution in [0.3, 0.4) is 0 Å². The molecule has 0 saturated carbocycles. The summed E-state index contributed by atoms with van der Waals surface area (Å²) in [6.07, 6.45) is 0.130. The number of aromatic hydroxyl groups is 3. The summed E-state index contributed by atoms with van der Waals surface area (Å²) < 4.78 is 5.76. The summed E-state index contributed by atoms with van der Waals surface area (Å²) in [5.74, 6) is -2.59. The first-order valence-electron chi connectivity index (χ1n) is 8.46. The number of amides is 2. The van der Waals surface area contributed by atoms with E-state index in [1.54, 1.807) is 13.0 Å². The van der Waals surface area contributed by atoms with Gasteiger partial charge < -0.3 is 19.7 Å². The van der Waals surface area contributed by atoms with Crippen molar-refractivity contribution < 1.29 is 29.3 Å². The number of rotatable bonds is 2. The predicted octanol–water partition coefficient (Wildman–Crippen LogP) is 2.54. The smallest absolute Gasteiger partial charge is 0.235 e. The number of carbonyl (C=O) groups excluding carboxylic acids is 2. The van der Waals surface area contributed by atoms with Gasteiger partial charge in [-0.05, 0) is 42.8 Å². The zero-order valence-corrected chi connectivity index (χ0v) is 14.7. The van der Waals surface area contributed by atoms with Crippen molar-refractivity contribution in [1.29, 1.82) is 0 Å². The minimum absolute atomic E-state index is 0.0201. The van der Waals surface area contributed by atoms with E-state index in [-0.39, 0.29) is 46.6 Å². The number of imide groups is 1. The summed E-state index contributed by atoms with van der Waals surface area (Å²) >= 11 is 0. The maximum absolute atomic E-state index is 12.7. The molecule has 0 spiro atoms. The molecule has 0 radical (unpaired) electrons. The van der Waals surface area contributed by atoms with Gasteiger partial charge in [0.05, 0.1) is 11.1 Å². The van der Waals surface area contributed by atoms with Crippen LogP contribution in [0, 0.1) is 6.92 Å². The number of nitrogens with zero attached hydrogens (tertiary/aromatic N) is 1. The zero-order chi connectivity index (χ0) is 20.2. The number of hydrogen-bond donors (Lipinski definition) is 3. The average Bonchev–Trinajstić information content (AvgIpc) is 2.98. The van der Waals surface area contributed by atoms with E-state index in [4.69, 9.17) is 4.42 Å². The Hall–Kier alpha value is -3.81. The number of aryl methyl sites for hydroxylation is 1. The molecule has 1 fully saturated rings. The molecule has 0 atom stereocenters. The van der Waals surface area contributed by atoms with Gasteiger partial charge in [-0.2, -0.15) is 0 Å². The lowest BCUT2D eigenvalue weighted by Crippen LogP contribution is -2.29. The van der Waals surface area contributed by atoms with Crippen molar-refractivity contribution in [2.45, 2.75) is 19.8 Å². The Morgan fingerprint density at radius 3 is 2.25 bits per heavy atom. The Bertz CT molecular complexity index is 1210. The Balaban J connectivity index is 2.06. The second-order valence-electron chi connectivity index (χ2n) is 6.60. The van der Waals surface area contributed by atoms with Crippen molar-refractivity contribution >= 4 is 28.5 Å². The van der Waals surface area contributed by atoms with Crippen LogP contribution < -0.4 is 10.3 Å². The van der Waals surface area contributed by atoms with Gasteiger partial charge in [0.15, 0.2) is 22.8 Å². The van der Waals surface area contributed by atoms with Crippen LogP contribution in [0.5, 0.6) is 17.2 Å². The predicted molar refractivity (Wildman–Crippen MR) is 99.4 cm³/mol. The molecule has 0 aliphatic carbocycles. The van der Waals surface area contributed by atoms with Gasteiger partial charge in [0.25, 0.3) is 0 Å². The molecule has 2 aromatic carbocycles. The summed E-state index contributed by atoms with van der Waals surface area (Å²) in [4.78, 5) is 38.1. The van der Waals surface area contributed by atoms with Crippen LogP contribution in [0.2, 0.25) is 0 Å². The maximum Gasteiger partial charge on any atom is 0.235 e. The minimum Gasteiger partial charge on any atom is -0.504 e. The molecule has 2 amide bonds. The van der Waals surface area contributed by atoms with Gasteiger partial charge in [-0.15, -0.1) is 0 Å². The van der Waals surface area contributed by atoms with Crippen LogP contribution in [-0.4, -0.2) is 27.1 Å². The van der Waals surface area contributed by atoms with Gasteiger partial charge in [0, 0.05) is 18.4 Å². The fraction of sp³-hybridized carbons (Fsp3) is 0.150. The van der Waals surface area contributed by atoms with E-state index in [1.165, 1.54) is 18.2 Å². The number of phenols is 2. The highest BCUT2D eigenvalue weighted by molar-refractivity contribution is 6.22. The summed E-state index contributed by atoms with van der Waals surface area (Å²) in [6, 6.07) is 6.70. The third-order valence-electron chi connectivity index (χ3n) is 4.62. The maximum atomic E-state index is 12.7. The molecule has 1 aromatic heterocycles. The number of phenolic OH excluding ortho intramolecular Hbond substituents is 2. The lowest BCUT2D eigenvalue weighted by molar-refractivity contribution is -0.121. The van der Waals surface area contributed by atoms with Crippen molar-refractivity contribution in [2.75, 3.05) is 4.90 Å². The first-order chi connectivity index (χ1) is 13.3. The van der Waals surface area contributed by atoms with Gasteiger partial charge in [-0.25, -0.2) is 4.90 Å². The van der Waals surface area contributed by atoms with Crippen LogP contribution in [0.4, 0.5) is 5.69 Å². The lowest BCUT2D eigenvalue weighted by Gasteiger charge is -2.17. The quantitative estimate of drug-likeness (QED) is 0.460. The lowest BCUT2D eigenvalue weighted by atomic mass is 10.1. The van der Waals surface area contributed by atoms with E-state index in [2.05, 4.69) is 0 Å². The molecule has 142 valence electrons. The third-order valence-corrected chi connectivity index (χ3v) is 4.62. The summed E-state index contributed by atoms with van der Waals surface area (Å²) in [7, 11) is 0. The highest BCUT2D eigenvalue weighted by Crippen LogP contribution is 2.38. The molecular formula is C20H15NO7. The van der Waals surface area contributed by atoms with Crippen LogP contribution in [0.1, 0.15) is 18.4 Å². The van der Waals surface area contributed by atoms with Crippen molar-refractivity contribution in [3.05, 3.63) is 46.1 Å². The second-order valence-corrected chi connectivity index (χ2v) is 6.60. The molecule has 8 nitrogen and oxygen atoms in total. The standard InChI is InChI=1S/C20H15NO7/c1-9-6-11-17(26)18(27)19(10-2-3-13(22)14(23)8-10)28-20(11)12(7-9)21-15(24)4-5-16(21)25/h2-3,6-8,22-23,27H,4-5H2,1H3. The molecular weight excluding hydrogens is 366 g/mol. The van der Waals surface area contributed by atoms with Crippen LogP contribution in [0.15, 0.2) is 39.5 Å². The molecule has 3 aromatic rings. The van der Waals surface area contributed by atoms with E-state index in [9.17, 15) is 29.7 Å². The molecule has 4 rings (SSSR count). The fourth-order valence-corrected chi connectivity index (χ4v) is 3.28. The van der Waals surface area contributed by atoms with Gasteiger partial charge in [0.1, 0.15) is 0 Å². The molecule has 1 aliphatic rings. The number of benzene rings is 2. The zero-order valence-electron chi connectivity index (χ0n) is 14.7. The molecule has 1 saturated heterocycles. The normalized spacial score (nSPS) is 14.2. The van der Waals surface area contributed by atoms with Gasteiger partial charge in [-0.1, -0.05) is 0 Å². The van der Waals surface area contributed by atoms with Crippen LogP contribution in [0.25, 0.3) is 22.3 Å². The Labute approximate surface area is 157 Å². The Kier molecular flexibility index (Phi) is 3.85. The SMILES string of the molecule is Cc1cc(N2C(=O)CCC2=O)c2oc(-c3ccc(O)c(O)c3)c(O)c(=O)c2c1. The van der Waals surface area contributed by atoms with Gasteiger partial charge in [-0.3, -0.25) is 14.4 Å². The van der Waals surface area contributed by atoms with E-state index < -0.39 is 28.7 Å². The molecule has 2 heterocycles. The van der Waals surface area contributed by atoms with E-state index in [0.29, 0.717) is 5.56 Å². The average molecular weight is 381 g/mol. The monoisotopic (exact) mass is 381 g/mol. The first-order valence-corrected chi connectivity index (χ1v) is 8.46. The highest BCUT2D eigenvalue weighted by Gasteiger charge is 2.33. The van der Waals surface area contributed by atoms with Crippen molar-refractivity contribution in [2.24, 2.45) is 0 Å². The number of hydrogen-bond acceptors (Lipinski definition) is 7. The van der Waals surface area contributed by atoms with E-state index in [0.717, 1.165) is 11.0 Å². The molecule has 8 heteroatoms. The summed E-state index contributed by atoms with van der Waals surface area (Å²) in [5, 5.41) is 29.6. The fourth-order valence-electron chi connectivity index (χ4n) is 3.28. The number of fused-ring (bicyclic) bond motifs is 1. The van der Waals surface area contributed by atoms with Crippen molar-refractivity contribution in [3.8, 4) is 28.6 Å². The topological polar surface area (TPSA) is 128 Å². The summed E-state index contributed by atoms with van der Waals surface area (Å²) in [5.41, 5.74) is 0.102. The van der Waals surface area contributed by atoms with Crippen LogP contribution >= 0.6 is 0 Å². The molecule has 0 bridgehead atoms. The highest BCUT2D eigenvalue weighted by atomic mass is 16.4. The molecule has 28 heavy (non-hydrogen) atoms. The van der Waals surface area contributed by atoms with Crippen molar-refractivity contribution in [3.63, 3.8) is 0 Å². The van der Waals surface area contributed by atoms with Gasteiger partial charge >= 0.3 is 0 Å². The molecule has 1 aliphatic heterocycles. The van der Waals surface area contributed by atoms with E-state index in [1.807, 2.05) is 0 Å². The summed E-state index contributed by atoms with van der Waals surface area (Å²) in [6.45, 7) is 1.69. The number of anilines is 1. The molecule has 0 unspecified atom stereocenters. The van der Waals surface area contributed by atoms with Crippen LogP contribution in [-0.2, 0) is 9.59 Å². The van der Waals surface area contributed by atoms with E-state index >= 15 is 0 Å².